The Morgan fingerprint density at radius 1 is 1.14 bits per heavy atom. The van der Waals surface area contributed by atoms with Gasteiger partial charge in [0.2, 0.25) is 10.0 Å². The Labute approximate surface area is 132 Å². The number of rotatable bonds is 6. The molecule has 2 rings (SSSR count). The summed E-state index contributed by atoms with van der Waals surface area (Å²) in [5.74, 6) is 0.0878. The quantitative estimate of drug-likeness (QED) is 0.786. The molecule has 0 spiro atoms. The monoisotopic (exact) mass is 325 g/mol. The van der Waals surface area contributed by atoms with Crippen LogP contribution in [0, 0.1) is 0 Å². The molecular formula is C15H23N3O3S. The van der Waals surface area contributed by atoms with Crippen LogP contribution in [-0.2, 0) is 10.0 Å². The van der Waals surface area contributed by atoms with E-state index in [4.69, 9.17) is 0 Å². The highest BCUT2D eigenvalue weighted by atomic mass is 32.2. The standard InChI is InChI=1S/C15H23N3O3S/c1-17-9-11-18(12-10-17)8-7-15(19)13-3-5-14(6-4-13)16-22(2,20)21/h3-6,16H,7-12H2,1-2H3. The predicted octanol–water partition coefficient (Wildman–Crippen LogP) is 0.878. The molecule has 1 saturated heterocycles. The Morgan fingerprint density at radius 3 is 2.27 bits per heavy atom. The van der Waals surface area contributed by atoms with Crippen LogP contribution in [0.4, 0.5) is 5.69 Å². The van der Waals surface area contributed by atoms with E-state index in [-0.39, 0.29) is 5.78 Å². The van der Waals surface area contributed by atoms with Gasteiger partial charge in [-0.2, -0.15) is 0 Å². The number of nitrogens with one attached hydrogen (secondary N) is 1. The number of likely N-dealkylation sites (N-methyl/N-ethyl adjacent to an activating group) is 1. The van der Waals surface area contributed by atoms with Crippen LogP contribution in [0.3, 0.4) is 0 Å². The number of hydrogen-bond donors (Lipinski definition) is 1. The summed E-state index contributed by atoms with van der Waals surface area (Å²) in [5.41, 5.74) is 1.09. The second-order valence-electron chi connectivity index (χ2n) is 5.77. The molecule has 22 heavy (non-hydrogen) atoms. The third-order valence-electron chi connectivity index (χ3n) is 3.76. The van der Waals surface area contributed by atoms with E-state index >= 15 is 0 Å². The minimum absolute atomic E-state index is 0.0878. The number of benzene rings is 1. The van der Waals surface area contributed by atoms with Gasteiger partial charge in [-0.3, -0.25) is 9.52 Å². The molecule has 0 atom stereocenters. The molecule has 1 aromatic rings. The first kappa shape index (κ1) is 16.9. The van der Waals surface area contributed by atoms with E-state index in [2.05, 4.69) is 21.6 Å². The minimum atomic E-state index is -3.29. The van der Waals surface area contributed by atoms with Gasteiger partial charge in [-0.1, -0.05) is 0 Å². The number of carbonyl (C=O) groups excluding carboxylic acids is 1. The van der Waals surface area contributed by atoms with Crippen LogP contribution in [0.25, 0.3) is 0 Å². The molecule has 7 heteroatoms. The third-order valence-corrected chi connectivity index (χ3v) is 4.37. The van der Waals surface area contributed by atoms with Crippen LogP contribution in [0.15, 0.2) is 24.3 Å². The van der Waals surface area contributed by atoms with E-state index in [0.29, 0.717) is 17.7 Å². The van der Waals surface area contributed by atoms with Gasteiger partial charge in [-0.15, -0.1) is 0 Å². The van der Waals surface area contributed by atoms with Gasteiger partial charge >= 0.3 is 0 Å². The zero-order valence-corrected chi connectivity index (χ0v) is 13.9. The number of anilines is 1. The van der Waals surface area contributed by atoms with Gasteiger partial charge in [-0.25, -0.2) is 8.42 Å². The van der Waals surface area contributed by atoms with E-state index in [1.807, 2.05) is 0 Å². The van der Waals surface area contributed by atoms with Crippen molar-refractivity contribution in [3.8, 4) is 0 Å². The number of sulfonamides is 1. The van der Waals surface area contributed by atoms with Crippen LogP contribution in [0.1, 0.15) is 16.8 Å². The Bertz CT molecular complexity index is 605. The maximum Gasteiger partial charge on any atom is 0.229 e. The topological polar surface area (TPSA) is 69.7 Å². The van der Waals surface area contributed by atoms with Gasteiger partial charge in [-0.05, 0) is 31.3 Å². The molecule has 6 nitrogen and oxygen atoms in total. The highest BCUT2D eigenvalue weighted by Gasteiger charge is 2.15. The molecule has 0 bridgehead atoms. The lowest BCUT2D eigenvalue weighted by Gasteiger charge is -2.32. The number of ketones is 1. The average Bonchev–Trinajstić information content (AvgIpc) is 2.45. The normalized spacial score (nSPS) is 17.4. The van der Waals surface area contributed by atoms with Crippen molar-refractivity contribution in [3.63, 3.8) is 0 Å². The van der Waals surface area contributed by atoms with Crippen LogP contribution < -0.4 is 4.72 Å². The average molecular weight is 325 g/mol. The molecule has 1 aliphatic rings. The molecule has 1 N–H and O–H groups in total. The fourth-order valence-corrected chi connectivity index (χ4v) is 2.98. The summed E-state index contributed by atoms with van der Waals surface area (Å²) in [4.78, 5) is 16.8. The highest BCUT2D eigenvalue weighted by molar-refractivity contribution is 7.92. The van der Waals surface area contributed by atoms with Crippen molar-refractivity contribution < 1.29 is 13.2 Å². The minimum Gasteiger partial charge on any atom is -0.304 e. The van der Waals surface area contributed by atoms with Gasteiger partial charge in [0.25, 0.3) is 0 Å². The highest BCUT2D eigenvalue weighted by Crippen LogP contribution is 2.13. The molecule has 1 fully saturated rings. The molecule has 0 radical (unpaired) electrons. The van der Waals surface area contributed by atoms with Crippen molar-refractivity contribution in [1.82, 2.24) is 9.80 Å². The first-order valence-electron chi connectivity index (χ1n) is 7.35. The lowest BCUT2D eigenvalue weighted by molar-refractivity contribution is 0.0942. The summed E-state index contributed by atoms with van der Waals surface area (Å²) >= 11 is 0. The van der Waals surface area contributed by atoms with Gasteiger partial charge in [0.05, 0.1) is 6.26 Å². The summed E-state index contributed by atoms with van der Waals surface area (Å²) in [5, 5.41) is 0. The molecule has 0 saturated carbocycles. The maximum atomic E-state index is 12.2. The fourth-order valence-electron chi connectivity index (χ4n) is 2.41. The Kier molecular flexibility index (Phi) is 5.55. The van der Waals surface area contributed by atoms with E-state index in [1.165, 1.54) is 0 Å². The van der Waals surface area contributed by atoms with Crippen molar-refractivity contribution in [3.05, 3.63) is 29.8 Å². The molecule has 0 aliphatic carbocycles. The lowest BCUT2D eigenvalue weighted by atomic mass is 10.1. The number of piperazine rings is 1. The molecule has 0 unspecified atom stereocenters. The van der Waals surface area contributed by atoms with Crippen LogP contribution in [0.2, 0.25) is 0 Å². The maximum absolute atomic E-state index is 12.2. The second kappa shape index (κ2) is 7.21. The van der Waals surface area contributed by atoms with Gasteiger partial charge in [0.1, 0.15) is 0 Å². The molecule has 1 heterocycles. The molecule has 122 valence electrons. The zero-order valence-electron chi connectivity index (χ0n) is 13.1. The summed E-state index contributed by atoms with van der Waals surface area (Å²) in [7, 11) is -1.18. The number of hydrogen-bond acceptors (Lipinski definition) is 5. The molecular weight excluding hydrogens is 302 g/mol. The first-order chi connectivity index (χ1) is 10.3. The third kappa shape index (κ3) is 5.40. The van der Waals surface area contributed by atoms with Gasteiger partial charge in [0, 0.05) is 50.4 Å². The fraction of sp³-hybridized carbons (Fsp3) is 0.533. The summed E-state index contributed by atoms with van der Waals surface area (Å²) < 4.78 is 24.6. The largest absolute Gasteiger partial charge is 0.304 e. The lowest BCUT2D eigenvalue weighted by Crippen LogP contribution is -2.45. The summed E-state index contributed by atoms with van der Waals surface area (Å²) in [6, 6.07) is 6.56. The van der Waals surface area contributed by atoms with Crippen molar-refractivity contribution in [2.75, 3.05) is 50.7 Å². The van der Waals surface area contributed by atoms with Crippen LogP contribution in [0.5, 0.6) is 0 Å². The van der Waals surface area contributed by atoms with E-state index in [9.17, 15) is 13.2 Å². The van der Waals surface area contributed by atoms with Gasteiger partial charge in [0.15, 0.2) is 5.78 Å². The first-order valence-corrected chi connectivity index (χ1v) is 9.24. The van der Waals surface area contributed by atoms with Crippen molar-refractivity contribution in [2.45, 2.75) is 6.42 Å². The predicted molar refractivity (Wildman–Crippen MR) is 87.8 cm³/mol. The van der Waals surface area contributed by atoms with Crippen LogP contribution in [-0.4, -0.2) is 70.0 Å². The molecule has 1 aromatic carbocycles. The Balaban J connectivity index is 1.85. The smallest absolute Gasteiger partial charge is 0.229 e. The Morgan fingerprint density at radius 2 is 1.73 bits per heavy atom. The number of carbonyl (C=O) groups is 1. The van der Waals surface area contributed by atoms with Gasteiger partial charge < -0.3 is 9.80 Å². The molecule has 1 aliphatic heterocycles. The van der Waals surface area contributed by atoms with Crippen molar-refractivity contribution in [1.29, 1.82) is 0 Å². The number of Topliss-reactive ketones (excluding diaryl/α,β-unsaturated/α-hetero) is 1. The Hall–Kier alpha value is -1.44. The molecule has 0 aromatic heterocycles. The summed E-state index contributed by atoms with van der Waals surface area (Å²) in [6.45, 7) is 4.86. The number of nitrogens with zero attached hydrogens (tertiary/aromatic N) is 2. The molecule has 0 amide bonds. The van der Waals surface area contributed by atoms with E-state index < -0.39 is 10.0 Å². The second-order valence-corrected chi connectivity index (χ2v) is 7.52. The van der Waals surface area contributed by atoms with Crippen molar-refractivity contribution >= 4 is 21.5 Å². The van der Waals surface area contributed by atoms with Crippen LogP contribution >= 0.6 is 0 Å². The summed E-state index contributed by atoms with van der Waals surface area (Å²) in [6.07, 6.45) is 1.59. The SMILES string of the molecule is CN1CCN(CCC(=O)c2ccc(NS(C)(=O)=O)cc2)CC1. The van der Waals surface area contributed by atoms with E-state index in [0.717, 1.165) is 39.0 Å². The zero-order chi connectivity index (χ0) is 16.2. The van der Waals surface area contributed by atoms with E-state index in [1.54, 1.807) is 24.3 Å². The van der Waals surface area contributed by atoms with Crippen molar-refractivity contribution in [2.24, 2.45) is 0 Å².